The molecule has 8 nitrogen and oxygen atoms in total. The summed E-state index contributed by atoms with van der Waals surface area (Å²) < 4.78 is 4.95. The molecule has 0 radical (unpaired) electrons. The zero-order valence-corrected chi connectivity index (χ0v) is 21.7. The molecule has 0 saturated carbocycles. The van der Waals surface area contributed by atoms with Gasteiger partial charge in [0.05, 0.1) is 5.75 Å². The molecule has 0 aliphatic rings. The normalized spacial score (nSPS) is 11.1. The molecule has 0 aliphatic heterocycles. The SMILES string of the molecule is Cc1cccc(/C=C(/NC(=O)c2ccccc2)C(=O)Nc2cccc(SCC(=O)Nc3cc(C)on3)c2)c1. The van der Waals surface area contributed by atoms with Crippen LogP contribution in [0.4, 0.5) is 11.5 Å². The lowest BCUT2D eigenvalue weighted by Crippen LogP contribution is -2.30. The number of hydrogen-bond donors (Lipinski definition) is 3. The van der Waals surface area contributed by atoms with E-state index in [1.165, 1.54) is 11.8 Å². The van der Waals surface area contributed by atoms with Crippen LogP contribution in [0.3, 0.4) is 0 Å². The van der Waals surface area contributed by atoms with Gasteiger partial charge in [0.25, 0.3) is 11.8 Å². The Balaban J connectivity index is 1.45. The van der Waals surface area contributed by atoms with Crippen LogP contribution >= 0.6 is 11.8 Å². The first-order valence-electron chi connectivity index (χ1n) is 11.8. The van der Waals surface area contributed by atoms with E-state index in [0.717, 1.165) is 16.0 Å². The number of nitrogens with one attached hydrogen (secondary N) is 3. The van der Waals surface area contributed by atoms with E-state index in [4.69, 9.17) is 4.52 Å². The van der Waals surface area contributed by atoms with Crippen LogP contribution < -0.4 is 16.0 Å². The number of hydrogen-bond acceptors (Lipinski definition) is 6. The van der Waals surface area contributed by atoms with Gasteiger partial charge in [-0.05, 0) is 55.8 Å². The van der Waals surface area contributed by atoms with Gasteiger partial charge in [-0.2, -0.15) is 0 Å². The number of anilines is 2. The van der Waals surface area contributed by atoms with Gasteiger partial charge in [-0.25, -0.2) is 0 Å². The Morgan fingerprint density at radius 3 is 2.42 bits per heavy atom. The zero-order valence-electron chi connectivity index (χ0n) is 20.9. The molecule has 192 valence electrons. The van der Waals surface area contributed by atoms with E-state index in [1.807, 2.05) is 43.3 Å². The summed E-state index contributed by atoms with van der Waals surface area (Å²) in [5.74, 6) is 0.0143. The molecular formula is C29H26N4O4S. The summed E-state index contributed by atoms with van der Waals surface area (Å²) in [6, 6.07) is 25.1. The largest absolute Gasteiger partial charge is 0.360 e. The van der Waals surface area contributed by atoms with Crippen LogP contribution in [-0.4, -0.2) is 28.6 Å². The van der Waals surface area contributed by atoms with Gasteiger partial charge in [0.15, 0.2) is 5.82 Å². The monoisotopic (exact) mass is 526 g/mol. The average Bonchev–Trinajstić information content (AvgIpc) is 3.32. The smallest absolute Gasteiger partial charge is 0.272 e. The maximum atomic E-state index is 13.3. The number of rotatable bonds is 9. The van der Waals surface area contributed by atoms with Gasteiger partial charge in [-0.15, -0.1) is 11.8 Å². The van der Waals surface area contributed by atoms with Crippen molar-refractivity contribution in [3.8, 4) is 0 Å². The highest BCUT2D eigenvalue weighted by Gasteiger charge is 2.16. The van der Waals surface area contributed by atoms with E-state index in [0.29, 0.717) is 22.8 Å². The Bertz CT molecular complexity index is 1480. The average molecular weight is 527 g/mol. The fourth-order valence-corrected chi connectivity index (χ4v) is 4.24. The Hall–Kier alpha value is -4.63. The second kappa shape index (κ2) is 12.6. The lowest BCUT2D eigenvalue weighted by atomic mass is 10.1. The highest BCUT2D eigenvalue weighted by molar-refractivity contribution is 8.00. The highest BCUT2D eigenvalue weighted by atomic mass is 32.2. The first-order valence-corrected chi connectivity index (χ1v) is 12.8. The molecule has 9 heteroatoms. The van der Waals surface area contributed by atoms with Crippen LogP contribution in [0.25, 0.3) is 6.08 Å². The summed E-state index contributed by atoms with van der Waals surface area (Å²) in [6.07, 6.45) is 1.64. The first-order chi connectivity index (χ1) is 18.4. The summed E-state index contributed by atoms with van der Waals surface area (Å²) in [5, 5.41) is 12.0. The van der Waals surface area contributed by atoms with Crippen molar-refractivity contribution in [2.75, 3.05) is 16.4 Å². The van der Waals surface area contributed by atoms with Gasteiger partial charge in [0.2, 0.25) is 5.91 Å². The molecule has 3 N–H and O–H groups in total. The maximum absolute atomic E-state index is 13.3. The molecule has 0 spiro atoms. The van der Waals surface area contributed by atoms with Gasteiger partial charge in [0, 0.05) is 22.2 Å². The molecule has 1 aromatic heterocycles. The van der Waals surface area contributed by atoms with Crippen molar-refractivity contribution in [3.63, 3.8) is 0 Å². The molecule has 0 aliphatic carbocycles. The number of aromatic nitrogens is 1. The summed E-state index contributed by atoms with van der Waals surface area (Å²) in [4.78, 5) is 39.1. The third kappa shape index (κ3) is 7.68. The summed E-state index contributed by atoms with van der Waals surface area (Å²) in [6.45, 7) is 3.70. The predicted molar refractivity (Wildman–Crippen MR) is 149 cm³/mol. The second-order valence-electron chi connectivity index (χ2n) is 8.43. The van der Waals surface area contributed by atoms with E-state index in [1.54, 1.807) is 61.5 Å². The minimum atomic E-state index is -0.475. The standard InChI is InChI=1S/C29H26N4O4S/c1-19-8-6-9-21(14-19)16-25(31-28(35)22-10-4-3-5-11-22)29(36)30-23-12-7-13-24(17-23)38-18-27(34)32-26-15-20(2)37-33-26/h3-17H,18H2,1-2H3,(H,30,36)(H,31,35)(H,32,33,34)/b25-16+. The van der Waals surface area contributed by atoms with Crippen LogP contribution in [-0.2, 0) is 9.59 Å². The Morgan fingerprint density at radius 1 is 0.895 bits per heavy atom. The van der Waals surface area contributed by atoms with E-state index in [9.17, 15) is 14.4 Å². The fraction of sp³-hybridized carbons (Fsp3) is 0.103. The number of nitrogens with zero attached hydrogens (tertiary/aromatic N) is 1. The van der Waals surface area contributed by atoms with Crippen LogP contribution in [0.1, 0.15) is 27.2 Å². The molecule has 4 aromatic rings. The molecule has 0 bridgehead atoms. The van der Waals surface area contributed by atoms with E-state index >= 15 is 0 Å². The lowest BCUT2D eigenvalue weighted by Gasteiger charge is -2.12. The first kappa shape index (κ1) is 26.4. The minimum absolute atomic E-state index is 0.102. The molecule has 4 rings (SSSR count). The van der Waals surface area contributed by atoms with Crippen LogP contribution in [0, 0.1) is 13.8 Å². The van der Waals surface area contributed by atoms with Crippen molar-refractivity contribution in [2.24, 2.45) is 0 Å². The third-order valence-corrected chi connectivity index (χ3v) is 6.23. The summed E-state index contributed by atoms with van der Waals surface area (Å²) in [5.41, 5.74) is 2.87. The van der Waals surface area contributed by atoms with Crippen LogP contribution in [0.15, 0.2) is 100 Å². The van der Waals surface area contributed by atoms with Gasteiger partial charge in [0.1, 0.15) is 11.5 Å². The number of benzene rings is 3. The quantitative estimate of drug-likeness (QED) is 0.198. The second-order valence-corrected chi connectivity index (χ2v) is 9.48. The van der Waals surface area contributed by atoms with Gasteiger partial charge >= 0.3 is 0 Å². The lowest BCUT2D eigenvalue weighted by molar-refractivity contribution is -0.114. The molecule has 0 fully saturated rings. The van der Waals surface area contributed by atoms with Gasteiger partial charge in [-0.1, -0.05) is 59.3 Å². The number of carbonyl (C=O) groups is 3. The van der Waals surface area contributed by atoms with Crippen LogP contribution in [0.2, 0.25) is 0 Å². The molecule has 0 atom stereocenters. The highest BCUT2D eigenvalue weighted by Crippen LogP contribution is 2.22. The van der Waals surface area contributed by atoms with Crippen molar-refractivity contribution in [2.45, 2.75) is 18.7 Å². The predicted octanol–water partition coefficient (Wildman–Crippen LogP) is 5.43. The Kier molecular flexibility index (Phi) is 8.73. The van der Waals surface area contributed by atoms with Crippen molar-refractivity contribution < 1.29 is 18.9 Å². The van der Waals surface area contributed by atoms with E-state index in [-0.39, 0.29) is 17.4 Å². The Labute approximate surface area is 224 Å². The summed E-state index contributed by atoms with van der Waals surface area (Å²) in [7, 11) is 0. The fourth-order valence-electron chi connectivity index (χ4n) is 3.48. The summed E-state index contributed by atoms with van der Waals surface area (Å²) >= 11 is 1.31. The molecule has 38 heavy (non-hydrogen) atoms. The topological polar surface area (TPSA) is 113 Å². The van der Waals surface area contributed by atoms with E-state index in [2.05, 4.69) is 21.1 Å². The van der Waals surface area contributed by atoms with Gasteiger partial charge < -0.3 is 20.5 Å². The minimum Gasteiger partial charge on any atom is -0.360 e. The van der Waals surface area contributed by atoms with Crippen LogP contribution in [0.5, 0.6) is 0 Å². The number of aryl methyl sites for hydroxylation is 2. The van der Waals surface area contributed by atoms with E-state index < -0.39 is 11.8 Å². The molecule has 1 heterocycles. The maximum Gasteiger partial charge on any atom is 0.272 e. The zero-order chi connectivity index (χ0) is 26.9. The molecule has 0 unspecified atom stereocenters. The van der Waals surface area contributed by atoms with Crippen molar-refractivity contribution in [3.05, 3.63) is 113 Å². The molecule has 0 saturated heterocycles. The third-order valence-electron chi connectivity index (χ3n) is 5.24. The number of amides is 3. The van der Waals surface area contributed by atoms with Crippen molar-refractivity contribution >= 4 is 47.1 Å². The van der Waals surface area contributed by atoms with Gasteiger partial charge in [-0.3, -0.25) is 14.4 Å². The number of carbonyl (C=O) groups excluding carboxylic acids is 3. The molecular weight excluding hydrogens is 500 g/mol. The Morgan fingerprint density at radius 2 is 1.68 bits per heavy atom. The van der Waals surface area contributed by atoms with Crippen molar-refractivity contribution in [1.29, 1.82) is 0 Å². The molecule has 3 aromatic carbocycles. The molecule has 3 amide bonds. The van der Waals surface area contributed by atoms with Crippen molar-refractivity contribution in [1.82, 2.24) is 10.5 Å². The number of thioether (sulfide) groups is 1.